The summed E-state index contributed by atoms with van der Waals surface area (Å²) in [5, 5.41) is 7.78. The molecule has 1 N–H and O–H groups in total. The van der Waals surface area contributed by atoms with Crippen molar-refractivity contribution in [3.05, 3.63) is 51.3 Å². The highest BCUT2D eigenvalue weighted by molar-refractivity contribution is 9.10. The lowest BCUT2D eigenvalue weighted by molar-refractivity contribution is 0.567. The van der Waals surface area contributed by atoms with E-state index < -0.39 is 0 Å². The Hall–Kier alpha value is -1.24. The lowest BCUT2D eigenvalue weighted by Gasteiger charge is -2.12. The van der Waals surface area contributed by atoms with E-state index in [1.807, 2.05) is 16.8 Å². The molecular weight excluding hydrogens is 324 g/mol. The van der Waals surface area contributed by atoms with Gasteiger partial charge in [0, 0.05) is 18.8 Å². The van der Waals surface area contributed by atoms with Crippen molar-refractivity contribution in [1.29, 1.82) is 0 Å². The predicted molar refractivity (Wildman–Crippen MR) is 80.3 cm³/mol. The van der Waals surface area contributed by atoms with Crippen molar-refractivity contribution < 1.29 is 0 Å². The third-order valence-electron chi connectivity index (χ3n) is 3.07. The van der Waals surface area contributed by atoms with Gasteiger partial charge < -0.3 is 5.32 Å². The average Bonchev–Trinajstić information content (AvgIpc) is 3.05. The van der Waals surface area contributed by atoms with Gasteiger partial charge in [0.05, 0.1) is 18.1 Å². The van der Waals surface area contributed by atoms with Crippen molar-refractivity contribution in [2.75, 3.05) is 0 Å². The second-order valence-electron chi connectivity index (χ2n) is 4.35. The fourth-order valence-corrected chi connectivity index (χ4v) is 3.00. The summed E-state index contributed by atoms with van der Waals surface area (Å²) in [5.74, 6) is 0. The second kappa shape index (κ2) is 5.40. The van der Waals surface area contributed by atoms with Gasteiger partial charge in [-0.05, 0) is 45.2 Å². The topological polar surface area (TPSA) is 42.2 Å². The fraction of sp³-hybridized carbons (Fsp3) is 0.231. The van der Waals surface area contributed by atoms with Crippen molar-refractivity contribution in [2.24, 2.45) is 0 Å². The Balaban J connectivity index is 1.77. The highest BCUT2D eigenvalue weighted by Gasteiger charge is 2.08. The number of fused-ring (bicyclic) bond motifs is 1. The van der Waals surface area contributed by atoms with Crippen LogP contribution in [-0.2, 0) is 6.54 Å². The molecule has 3 heterocycles. The number of aromatic nitrogens is 3. The first kappa shape index (κ1) is 12.8. The zero-order valence-electron chi connectivity index (χ0n) is 10.4. The van der Waals surface area contributed by atoms with E-state index in [1.54, 1.807) is 17.5 Å². The van der Waals surface area contributed by atoms with Gasteiger partial charge >= 0.3 is 0 Å². The van der Waals surface area contributed by atoms with E-state index in [0.29, 0.717) is 6.04 Å². The minimum Gasteiger partial charge on any atom is -0.305 e. The maximum atomic E-state index is 4.34. The highest BCUT2D eigenvalue weighted by atomic mass is 79.9. The summed E-state index contributed by atoms with van der Waals surface area (Å²) in [4.78, 5) is 8.51. The number of halogens is 1. The normalized spacial score (nSPS) is 12.9. The molecule has 0 bridgehead atoms. The van der Waals surface area contributed by atoms with Crippen LogP contribution in [0.3, 0.4) is 0 Å². The molecule has 0 aliphatic heterocycles. The van der Waals surface area contributed by atoms with Gasteiger partial charge in [-0.25, -0.2) is 9.97 Å². The summed E-state index contributed by atoms with van der Waals surface area (Å²) in [6, 6.07) is 2.49. The Kier molecular flexibility index (Phi) is 3.63. The zero-order valence-corrected chi connectivity index (χ0v) is 12.8. The van der Waals surface area contributed by atoms with E-state index in [1.165, 1.54) is 5.56 Å². The van der Waals surface area contributed by atoms with E-state index in [2.05, 4.69) is 55.0 Å². The zero-order chi connectivity index (χ0) is 13.2. The van der Waals surface area contributed by atoms with Crippen LogP contribution in [0.2, 0.25) is 0 Å². The van der Waals surface area contributed by atoms with Crippen molar-refractivity contribution in [1.82, 2.24) is 19.7 Å². The minimum absolute atomic E-state index is 0.335. The van der Waals surface area contributed by atoms with Crippen molar-refractivity contribution >= 4 is 32.9 Å². The number of thiophene rings is 1. The quantitative estimate of drug-likeness (QED) is 0.793. The van der Waals surface area contributed by atoms with Crippen molar-refractivity contribution in [3.63, 3.8) is 0 Å². The van der Waals surface area contributed by atoms with E-state index in [4.69, 9.17) is 0 Å². The monoisotopic (exact) mass is 336 g/mol. The molecule has 0 fully saturated rings. The molecule has 1 unspecified atom stereocenters. The molecule has 0 saturated carbocycles. The lowest BCUT2D eigenvalue weighted by Crippen LogP contribution is -2.18. The van der Waals surface area contributed by atoms with Crippen LogP contribution in [-0.4, -0.2) is 14.4 Å². The molecule has 19 heavy (non-hydrogen) atoms. The Bertz CT molecular complexity index is 677. The first-order valence-corrected chi connectivity index (χ1v) is 7.70. The molecule has 4 nitrogen and oxygen atoms in total. The van der Waals surface area contributed by atoms with Gasteiger partial charge in [-0.3, -0.25) is 4.40 Å². The molecule has 3 aromatic heterocycles. The number of nitrogens with zero attached hydrogens (tertiary/aromatic N) is 3. The van der Waals surface area contributed by atoms with E-state index >= 15 is 0 Å². The minimum atomic E-state index is 0.335. The molecule has 3 rings (SSSR count). The molecule has 1 atom stereocenters. The van der Waals surface area contributed by atoms with Crippen molar-refractivity contribution in [2.45, 2.75) is 19.5 Å². The lowest BCUT2D eigenvalue weighted by atomic mass is 10.2. The highest BCUT2D eigenvalue weighted by Crippen LogP contribution is 2.17. The SMILES string of the molecule is CC(NCc1cnc2cnc(Br)cn12)c1ccsc1. The van der Waals surface area contributed by atoms with Crippen LogP contribution in [0.1, 0.15) is 24.2 Å². The number of imidazole rings is 1. The molecule has 0 amide bonds. The molecular formula is C13H13BrN4S. The summed E-state index contributed by atoms with van der Waals surface area (Å²) in [7, 11) is 0. The molecule has 0 aliphatic carbocycles. The maximum Gasteiger partial charge on any atom is 0.155 e. The number of rotatable bonds is 4. The molecule has 3 aromatic rings. The number of nitrogens with one attached hydrogen (secondary N) is 1. The standard InChI is InChI=1S/C13H13BrN4S/c1-9(10-2-3-19-8-10)15-4-11-5-17-13-6-16-12(14)7-18(11)13/h2-3,5-9,15H,4H2,1H3. The van der Waals surface area contributed by atoms with Crippen LogP contribution in [0.25, 0.3) is 5.65 Å². The molecule has 0 radical (unpaired) electrons. The fourth-order valence-electron chi connectivity index (χ4n) is 1.94. The smallest absolute Gasteiger partial charge is 0.155 e. The maximum absolute atomic E-state index is 4.34. The van der Waals surface area contributed by atoms with Gasteiger partial charge in [0.1, 0.15) is 4.60 Å². The van der Waals surface area contributed by atoms with Gasteiger partial charge in [-0.15, -0.1) is 0 Å². The van der Waals surface area contributed by atoms with Gasteiger partial charge in [-0.2, -0.15) is 11.3 Å². The predicted octanol–water partition coefficient (Wildman–Crippen LogP) is 3.40. The van der Waals surface area contributed by atoms with Gasteiger partial charge in [0.15, 0.2) is 5.65 Å². The summed E-state index contributed by atoms with van der Waals surface area (Å²) in [6.07, 6.45) is 5.58. The molecule has 6 heteroatoms. The van der Waals surface area contributed by atoms with Crippen LogP contribution in [0.4, 0.5) is 0 Å². The Morgan fingerprint density at radius 1 is 1.42 bits per heavy atom. The van der Waals surface area contributed by atoms with Gasteiger partial charge in [-0.1, -0.05) is 0 Å². The van der Waals surface area contributed by atoms with Crippen LogP contribution >= 0.6 is 27.3 Å². The first-order valence-electron chi connectivity index (χ1n) is 5.97. The molecule has 98 valence electrons. The van der Waals surface area contributed by atoms with E-state index in [-0.39, 0.29) is 0 Å². The summed E-state index contributed by atoms with van der Waals surface area (Å²) >= 11 is 5.11. The average molecular weight is 337 g/mol. The largest absolute Gasteiger partial charge is 0.305 e. The third kappa shape index (κ3) is 2.70. The summed E-state index contributed by atoms with van der Waals surface area (Å²) < 4.78 is 2.86. The second-order valence-corrected chi connectivity index (χ2v) is 5.94. The number of hydrogen-bond acceptors (Lipinski definition) is 4. The molecule has 0 aliphatic rings. The van der Waals surface area contributed by atoms with Crippen molar-refractivity contribution in [3.8, 4) is 0 Å². The van der Waals surface area contributed by atoms with Gasteiger partial charge in [0.2, 0.25) is 0 Å². The van der Waals surface area contributed by atoms with E-state index in [0.717, 1.165) is 22.5 Å². The van der Waals surface area contributed by atoms with Crippen LogP contribution in [0.5, 0.6) is 0 Å². The van der Waals surface area contributed by atoms with Gasteiger partial charge in [0.25, 0.3) is 0 Å². The third-order valence-corrected chi connectivity index (χ3v) is 4.18. The van der Waals surface area contributed by atoms with Crippen LogP contribution in [0.15, 0.2) is 40.0 Å². The molecule has 0 aromatic carbocycles. The van der Waals surface area contributed by atoms with E-state index in [9.17, 15) is 0 Å². The molecule has 0 saturated heterocycles. The Morgan fingerprint density at radius 3 is 3.11 bits per heavy atom. The van der Waals surface area contributed by atoms with Crippen LogP contribution < -0.4 is 5.32 Å². The number of hydrogen-bond donors (Lipinski definition) is 1. The summed E-state index contributed by atoms with van der Waals surface area (Å²) in [6.45, 7) is 2.94. The summed E-state index contributed by atoms with van der Waals surface area (Å²) in [5.41, 5.74) is 3.31. The Labute approximate surface area is 123 Å². The Morgan fingerprint density at radius 2 is 2.32 bits per heavy atom. The van der Waals surface area contributed by atoms with Crippen LogP contribution in [0, 0.1) is 0 Å². The first-order chi connectivity index (χ1) is 9.24. The molecule has 0 spiro atoms.